The summed E-state index contributed by atoms with van der Waals surface area (Å²) in [6.07, 6.45) is 2.33. The van der Waals surface area contributed by atoms with Gasteiger partial charge >= 0.3 is 0 Å². The van der Waals surface area contributed by atoms with Crippen LogP contribution in [0.15, 0.2) is 24.3 Å². The highest BCUT2D eigenvalue weighted by Crippen LogP contribution is 2.24. The fourth-order valence-corrected chi connectivity index (χ4v) is 2.99. The molecule has 1 aromatic carbocycles. The summed E-state index contributed by atoms with van der Waals surface area (Å²) >= 11 is 0. The van der Waals surface area contributed by atoms with Gasteiger partial charge in [0, 0.05) is 19.7 Å². The Morgan fingerprint density at radius 2 is 2.33 bits per heavy atom. The number of likely N-dealkylation sites (tertiary alicyclic amines) is 1. The molecule has 1 heterocycles. The number of hydrogen-bond donors (Lipinski definition) is 1. The lowest BCUT2D eigenvalue weighted by Gasteiger charge is -2.28. The van der Waals surface area contributed by atoms with E-state index in [0.29, 0.717) is 13.0 Å². The van der Waals surface area contributed by atoms with Crippen molar-refractivity contribution in [1.82, 2.24) is 4.90 Å². The minimum Gasteiger partial charge on any atom is -0.380 e. The van der Waals surface area contributed by atoms with E-state index in [1.54, 1.807) is 19.2 Å². The predicted octanol–water partition coefficient (Wildman–Crippen LogP) is 1.72. The van der Waals surface area contributed by atoms with Crippen LogP contribution >= 0.6 is 0 Å². The highest BCUT2D eigenvalue weighted by molar-refractivity contribution is 5.80. The second-order valence-corrected chi connectivity index (χ2v) is 5.73. The lowest BCUT2D eigenvalue weighted by atomic mass is 10.0. The van der Waals surface area contributed by atoms with Crippen molar-refractivity contribution < 1.29 is 13.9 Å². The number of carbonyl (C=O) groups excluding carboxylic acids is 1. The molecule has 1 fully saturated rings. The van der Waals surface area contributed by atoms with Crippen molar-refractivity contribution in [3.05, 3.63) is 35.6 Å². The van der Waals surface area contributed by atoms with Crippen molar-refractivity contribution in [3.8, 4) is 0 Å². The predicted molar refractivity (Wildman–Crippen MR) is 79.3 cm³/mol. The quantitative estimate of drug-likeness (QED) is 0.869. The molecule has 1 aromatic rings. The third-order valence-corrected chi connectivity index (χ3v) is 4.27. The number of halogens is 1. The van der Waals surface area contributed by atoms with Gasteiger partial charge in [-0.3, -0.25) is 9.69 Å². The Balaban J connectivity index is 1.95. The van der Waals surface area contributed by atoms with Crippen LogP contribution in [0.2, 0.25) is 0 Å². The molecule has 116 valence electrons. The van der Waals surface area contributed by atoms with Crippen LogP contribution in [0.4, 0.5) is 4.39 Å². The molecule has 3 atom stereocenters. The Morgan fingerprint density at radius 1 is 1.57 bits per heavy atom. The van der Waals surface area contributed by atoms with Gasteiger partial charge < -0.3 is 10.5 Å². The normalized spacial score (nSPS) is 24.1. The number of primary amides is 1. The molecule has 2 N–H and O–H groups in total. The number of nitrogens with zero attached hydrogens (tertiary/aromatic N) is 1. The maximum absolute atomic E-state index is 13.2. The summed E-state index contributed by atoms with van der Waals surface area (Å²) < 4.78 is 18.5. The molecule has 1 aliphatic rings. The number of aryl methyl sites for hydroxylation is 1. The molecule has 2 rings (SSSR count). The van der Waals surface area contributed by atoms with Crippen LogP contribution in [-0.2, 0) is 16.0 Å². The molecular formula is C16H23FN2O2. The Labute approximate surface area is 125 Å². The molecular weight excluding hydrogens is 271 g/mol. The van der Waals surface area contributed by atoms with Gasteiger partial charge in [-0.15, -0.1) is 0 Å². The van der Waals surface area contributed by atoms with Crippen molar-refractivity contribution in [2.24, 2.45) is 5.73 Å². The van der Waals surface area contributed by atoms with E-state index in [1.165, 1.54) is 6.07 Å². The van der Waals surface area contributed by atoms with E-state index in [2.05, 4.69) is 11.8 Å². The average molecular weight is 294 g/mol. The lowest BCUT2D eigenvalue weighted by Crippen LogP contribution is -2.45. The summed E-state index contributed by atoms with van der Waals surface area (Å²) in [6.45, 7) is 2.79. The molecule has 4 nitrogen and oxygen atoms in total. The SMILES string of the molecule is CO[C@H]1C[C@@H](C(N)=O)N(C(C)CCc2cccc(F)c2)C1. The summed E-state index contributed by atoms with van der Waals surface area (Å²) in [6, 6.07) is 6.57. The minimum atomic E-state index is -0.299. The topological polar surface area (TPSA) is 55.6 Å². The second kappa shape index (κ2) is 7.00. The minimum absolute atomic E-state index is 0.0547. The maximum Gasteiger partial charge on any atom is 0.234 e. The number of benzene rings is 1. The van der Waals surface area contributed by atoms with E-state index in [-0.39, 0.29) is 29.9 Å². The summed E-state index contributed by atoms with van der Waals surface area (Å²) in [4.78, 5) is 13.7. The van der Waals surface area contributed by atoms with Crippen LogP contribution in [0.25, 0.3) is 0 Å². The molecule has 0 saturated carbocycles. The van der Waals surface area contributed by atoms with Gasteiger partial charge in [0.1, 0.15) is 5.82 Å². The largest absolute Gasteiger partial charge is 0.380 e. The third-order valence-electron chi connectivity index (χ3n) is 4.27. The highest BCUT2D eigenvalue weighted by Gasteiger charge is 2.37. The van der Waals surface area contributed by atoms with Gasteiger partial charge in [-0.05, 0) is 43.9 Å². The number of rotatable bonds is 6. The van der Waals surface area contributed by atoms with E-state index in [4.69, 9.17) is 10.5 Å². The monoisotopic (exact) mass is 294 g/mol. The van der Waals surface area contributed by atoms with Gasteiger partial charge in [0.25, 0.3) is 0 Å². The number of methoxy groups -OCH3 is 1. The number of amides is 1. The Morgan fingerprint density at radius 3 is 2.95 bits per heavy atom. The standard InChI is InChI=1S/C16H23FN2O2/c1-11(6-7-12-4-3-5-13(17)8-12)19-10-14(21-2)9-15(19)16(18)20/h3-5,8,11,14-15H,6-7,9-10H2,1-2H3,(H2,18,20)/t11?,14-,15-/m0/s1. The molecule has 0 aromatic heterocycles. The first-order valence-electron chi connectivity index (χ1n) is 7.33. The maximum atomic E-state index is 13.2. The van der Waals surface area contributed by atoms with Crippen LogP contribution in [0.3, 0.4) is 0 Å². The number of ether oxygens (including phenoxy) is 1. The zero-order valence-electron chi connectivity index (χ0n) is 12.6. The van der Waals surface area contributed by atoms with E-state index in [0.717, 1.165) is 18.4 Å². The highest BCUT2D eigenvalue weighted by atomic mass is 19.1. The van der Waals surface area contributed by atoms with E-state index in [1.807, 2.05) is 6.07 Å². The van der Waals surface area contributed by atoms with Crippen LogP contribution < -0.4 is 5.73 Å². The summed E-state index contributed by atoms with van der Waals surface area (Å²) in [5, 5.41) is 0. The molecule has 1 amide bonds. The van der Waals surface area contributed by atoms with Gasteiger partial charge in [0.15, 0.2) is 0 Å². The fraction of sp³-hybridized carbons (Fsp3) is 0.562. The molecule has 1 aliphatic heterocycles. The summed E-state index contributed by atoms with van der Waals surface area (Å²) in [5.41, 5.74) is 6.46. The van der Waals surface area contributed by atoms with Crippen LogP contribution in [0.1, 0.15) is 25.3 Å². The van der Waals surface area contributed by atoms with Gasteiger partial charge in [0.05, 0.1) is 12.1 Å². The molecule has 0 radical (unpaired) electrons. The van der Waals surface area contributed by atoms with Crippen molar-refractivity contribution in [3.63, 3.8) is 0 Å². The van der Waals surface area contributed by atoms with Crippen molar-refractivity contribution in [1.29, 1.82) is 0 Å². The number of carbonyl (C=O) groups is 1. The summed E-state index contributed by atoms with van der Waals surface area (Å²) in [5.74, 6) is -0.511. The molecule has 0 bridgehead atoms. The van der Waals surface area contributed by atoms with E-state index in [9.17, 15) is 9.18 Å². The summed E-state index contributed by atoms with van der Waals surface area (Å²) in [7, 11) is 1.66. The smallest absolute Gasteiger partial charge is 0.234 e. The number of nitrogens with two attached hydrogens (primary N) is 1. The zero-order chi connectivity index (χ0) is 15.4. The van der Waals surface area contributed by atoms with Crippen molar-refractivity contribution in [2.45, 2.75) is 44.4 Å². The van der Waals surface area contributed by atoms with Gasteiger partial charge in [-0.1, -0.05) is 12.1 Å². The molecule has 1 saturated heterocycles. The third kappa shape index (κ3) is 4.02. The lowest BCUT2D eigenvalue weighted by molar-refractivity contribution is -0.122. The first kappa shape index (κ1) is 15.9. The molecule has 5 heteroatoms. The van der Waals surface area contributed by atoms with Crippen LogP contribution in [-0.4, -0.2) is 42.6 Å². The van der Waals surface area contributed by atoms with E-state index >= 15 is 0 Å². The average Bonchev–Trinajstić information content (AvgIpc) is 2.89. The van der Waals surface area contributed by atoms with Crippen molar-refractivity contribution >= 4 is 5.91 Å². The molecule has 21 heavy (non-hydrogen) atoms. The van der Waals surface area contributed by atoms with E-state index < -0.39 is 0 Å². The van der Waals surface area contributed by atoms with Gasteiger partial charge in [-0.2, -0.15) is 0 Å². The molecule has 0 aliphatic carbocycles. The Kier molecular flexibility index (Phi) is 5.31. The first-order valence-corrected chi connectivity index (χ1v) is 7.33. The van der Waals surface area contributed by atoms with Crippen molar-refractivity contribution in [2.75, 3.05) is 13.7 Å². The van der Waals surface area contributed by atoms with Gasteiger partial charge in [-0.25, -0.2) is 4.39 Å². The Hall–Kier alpha value is -1.46. The first-order chi connectivity index (χ1) is 10.0. The number of hydrogen-bond acceptors (Lipinski definition) is 3. The van der Waals surface area contributed by atoms with Crippen LogP contribution in [0, 0.1) is 5.82 Å². The van der Waals surface area contributed by atoms with Gasteiger partial charge in [0.2, 0.25) is 5.91 Å². The molecule has 1 unspecified atom stereocenters. The fourth-order valence-electron chi connectivity index (χ4n) is 2.99. The zero-order valence-corrected chi connectivity index (χ0v) is 12.6. The molecule has 0 spiro atoms. The Bertz CT molecular complexity index is 495. The second-order valence-electron chi connectivity index (χ2n) is 5.73. The van der Waals surface area contributed by atoms with Crippen LogP contribution in [0.5, 0.6) is 0 Å².